The zero-order chi connectivity index (χ0) is 12.5. The van der Waals surface area contributed by atoms with Crippen molar-refractivity contribution in [1.82, 2.24) is 25.4 Å². The van der Waals surface area contributed by atoms with Crippen LogP contribution in [-0.2, 0) is 6.42 Å². The molecule has 3 heterocycles. The van der Waals surface area contributed by atoms with Crippen molar-refractivity contribution in [1.29, 1.82) is 0 Å². The molecule has 0 aliphatic rings. The predicted octanol–water partition coefficient (Wildman–Crippen LogP) is 2.00. The molecule has 3 rings (SSSR count). The van der Waals surface area contributed by atoms with Crippen LogP contribution in [0.4, 0.5) is 0 Å². The van der Waals surface area contributed by atoms with Crippen molar-refractivity contribution in [3.05, 3.63) is 41.2 Å². The maximum atomic E-state index is 5.25. The van der Waals surface area contributed by atoms with Crippen molar-refractivity contribution in [3.8, 4) is 11.6 Å². The van der Waals surface area contributed by atoms with Crippen LogP contribution >= 0.6 is 0 Å². The summed E-state index contributed by atoms with van der Waals surface area (Å²) in [5, 5.41) is 14.2. The number of nitrogens with one attached hydrogen (secondary N) is 2. The van der Waals surface area contributed by atoms with Crippen molar-refractivity contribution >= 4 is 0 Å². The largest absolute Gasteiger partial charge is 0.461 e. The third-order valence-corrected chi connectivity index (χ3v) is 2.90. The van der Waals surface area contributed by atoms with E-state index in [9.17, 15) is 0 Å². The fourth-order valence-electron chi connectivity index (χ4n) is 1.89. The first-order chi connectivity index (χ1) is 8.74. The molecule has 92 valence electrons. The second-order valence-electron chi connectivity index (χ2n) is 4.17. The molecule has 0 bridgehead atoms. The van der Waals surface area contributed by atoms with Crippen molar-refractivity contribution in [3.63, 3.8) is 0 Å². The number of hydrogen-bond donors (Lipinski definition) is 2. The van der Waals surface area contributed by atoms with E-state index in [1.807, 2.05) is 26.0 Å². The van der Waals surface area contributed by atoms with Gasteiger partial charge in [-0.3, -0.25) is 10.2 Å². The van der Waals surface area contributed by atoms with Gasteiger partial charge in [0.25, 0.3) is 0 Å². The van der Waals surface area contributed by atoms with Crippen molar-refractivity contribution in [2.75, 3.05) is 0 Å². The van der Waals surface area contributed by atoms with Crippen LogP contribution < -0.4 is 0 Å². The molecule has 0 saturated carbocycles. The number of rotatable bonds is 3. The van der Waals surface area contributed by atoms with Crippen LogP contribution in [0.2, 0.25) is 0 Å². The molecule has 0 unspecified atom stereocenters. The van der Waals surface area contributed by atoms with Gasteiger partial charge in [0, 0.05) is 17.7 Å². The zero-order valence-electron chi connectivity index (χ0n) is 10.2. The summed E-state index contributed by atoms with van der Waals surface area (Å²) in [6.45, 7) is 3.97. The Balaban J connectivity index is 1.87. The number of nitrogens with zero attached hydrogens (tertiary/aromatic N) is 3. The van der Waals surface area contributed by atoms with Crippen LogP contribution in [0.3, 0.4) is 0 Å². The van der Waals surface area contributed by atoms with E-state index in [0.29, 0.717) is 18.0 Å². The van der Waals surface area contributed by atoms with Crippen molar-refractivity contribution in [2.45, 2.75) is 20.3 Å². The standard InChI is InChI=1S/C12H13N5O/c1-7-9(8(2)15-14-7)6-11-13-12(17-16-11)10-4-3-5-18-10/h3-5H,6H2,1-2H3,(H,14,15)(H,13,16,17). The number of aromatic amines is 2. The van der Waals surface area contributed by atoms with Gasteiger partial charge < -0.3 is 4.42 Å². The van der Waals surface area contributed by atoms with E-state index in [1.165, 1.54) is 0 Å². The highest BCUT2D eigenvalue weighted by Crippen LogP contribution is 2.17. The summed E-state index contributed by atoms with van der Waals surface area (Å²) >= 11 is 0. The van der Waals surface area contributed by atoms with Gasteiger partial charge in [-0.05, 0) is 26.0 Å². The third-order valence-electron chi connectivity index (χ3n) is 2.90. The van der Waals surface area contributed by atoms with Crippen LogP contribution in [0.25, 0.3) is 11.6 Å². The van der Waals surface area contributed by atoms with E-state index in [-0.39, 0.29) is 0 Å². The maximum Gasteiger partial charge on any atom is 0.216 e. The Morgan fingerprint density at radius 3 is 2.78 bits per heavy atom. The summed E-state index contributed by atoms with van der Waals surface area (Å²) in [5.41, 5.74) is 3.20. The van der Waals surface area contributed by atoms with E-state index < -0.39 is 0 Å². The SMILES string of the molecule is Cc1n[nH]c(C)c1Cc1nc(-c2ccco2)n[nH]1. The third kappa shape index (κ3) is 1.81. The summed E-state index contributed by atoms with van der Waals surface area (Å²) in [6.07, 6.45) is 2.29. The molecule has 3 aromatic heterocycles. The van der Waals surface area contributed by atoms with Gasteiger partial charge in [-0.1, -0.05) is 0 Å². The number of hydrogen-bond acceptors (Lipinski definition) is 4. The van der Waals surface area contributed by atoms with E-state index in [0.717, 1.165) is 22.8 Å². The average Bonchev–Trinajstić information content (AvgIpc) is 3.06. The van der Waals surface area contributed by atoms with E-state index >= 15 is 0 Å². The Labute approximate surface area is 103 Å². The lowest BCUT2D eigenvalue weighted by Gasteiger charge is -1.96. The van der Waals surface area contributed by atoms with E-state index in [2.05, 4.69) is 25.4 Å². The van der Waals surface area contributed by atoms with Gasteiger partial charge in [0.1, 0.15) is 5.82 Å². The summed E-state index contributed by atoms with van der Waals surface area (Å²) in [7, 11) is 0. The van der Waals surface area contributed by atoms with Crippen LogP contribution in [-0.4, -0.2) is 25.4 Å². The first-order valence-corrected chi connectivity index (χ1v) is 5.69. The normalized spacial score (nSPS) is 11.0. The molecule has 0 atom stereocenters. The quantitative estimate of drug-likeness (QED) is 0.736. The van der Waals surface area contributed by atoms with E-state index in [1.54, 1.807) is 6.26 Å². The molecule has 0 aromatic carbocycles. The molecule has 0 radical (unpaired) electrons. The number of aryl methyl sites for hydroxylation is 2. The topological polar surface area (TPSA) is 83.4 Å². The van der Waals surface area contributed by atoms with Crippen molar-refractivity contribution < 1.29 is 4.42 Å². The Hall–Kier alpha value is -2.37. The predicted molar refractivity (Wildman–Crippen MR) is 65.0 cm³/mol. The molecule has 6 heteroatoms. The monoisotopic (exact) mass is 243 g/mol. The van der Waals surface area contributed by atoms with Crippen LogP contribution in [0.1, 0.15) is 22.8 Å². The number of aromatic nitrogens is 5. The van der Waals surface area contributed by atoms with Gasteiger partial charge in [-0.2, -0.15) is 10.2 Å². The van der Waals surface area contributed by atoms with Gasteiger partial charge >= 0.3 is 0 Å². The molecular formula is C12H13N5O. The minimum absolute atomic E-state index is 0.578. The molecular weight excluding hydrogens is 230 g/mol. The van der Waals surface area contributed by atoms with Gasteiger partial charge in [0.15, 0.2) is 5.76 Å². The fraction of sp³-hybridized carbons (Fsp3) is 0.250. The average molecular weight is 243 g/mol. The summed E-state index contributed by atoms with van der Waals surface area (Å²) in [5.74, 6) is 2.04. The van der Waals surface area contributed by atoms with Gasteiger partial charge in [-0.25, -0.2) is 4.98 Å². The minimum atomic E-state index is 0.578. The highest BCUT2D eigenvalue weighted by molar-refractivity contribution is 5.45. The van der Waals surface area contributed by atoms with Crippen LogP contribution in [0.15, 0.2) is 22.8 Å². The second-order valence-corrected chi connectivity index (χ2v) is 4.17. The Morgan fingerprint density at radius 1 is 1.22 bits per heavy atom. The van der Waals surface area contributed by atoms with Crippen LogP contribution in [0.5, 0.6) is 0 Å². The summed E-state index contributed by atoms with van der Waals surface area (Å²) in [6, 6.07) is 3.65. The maximum absolute atomic E-state index is 5.25. The molecule has 0 fully saturated rings. The van der Waals surface area contributed by atoms with Crippen molar-refractivity contribution in [2.24, 2.45) is 0 Å². The first kappa shape index (κ1) is 10.8. The lowest BCUT2D eigenvalue weighted by Crippen LogP contribution is -1.94. The molecule has 0 spiro atoms. The van der Waals surface area contributed by atoms with Gasteiger partial charge in [0.05, 0.1) is 12.0 Å². The molecule has 0 saturated heterocycles. The lowest BCUT2D eigenvalue weighted by molar-refractivity contribution is 0.577. The Bertz CT molecular complexity index is 630. The molecule has 6 nitrogen and oxygen atoms in total. The number of H-pyrrole nitrogens is 2. The fourth-order valence-corrected chi connectivity index (χ4v) is 1.89. The first-order valence-electron chi connectivity index (χ1n) is 5.69. The number of furan rings is 1. The Morgan fingerprint density at radius 2 is 2.11 bits per heavy atom. The molecule has 0 aliphatic carbocycles. The molecule has 3 aromatic rings. The smallest absolute Gasteiger partial charge is 0.216 e. The Kier molecular flexibility index (Phi) is 2.47. The molecule has 0 amide bonds. The summed E-state index contributed by atoms with van der Waals surface area (Å²) < 4.78 is 5.25. The summed E-state index contributed by atoms with van der Waals surface area (Å²) in [4.78, 5) is 4.41. The lowest BCUT2D eigenvalue weighted by atomic mass is 10.1. The van der Waals surface area contributed by atoms with Gasteiger partial charge in [0.2, 0.25) is 5.82 Å². The highest BCUT2D eigenvalue weighted by Gasteiger charge is 2.12. The van der Waals surface area contributed by atoms with Gasteiger partial charge in [-0.15, -0.1) is 0 Å². The molecule has 18 heavy (non-hydrogen) atoms. The molecule has 2 N–H and O–H groups in total. The zero-order valence-corrected chi connectivity index (χ0v) is 10.2. The highest BCUT2D eigenvalue weighted by atomic mass is 16.3. The van der Waals surface area contributed by atoms with Crippen LogP contribution in [0, 0.1) is 13.8 Å². The molecule has 0 aliphatic heterocycles. The minimum Gasteiger partial charge on any atom is -0.461 e. The second kappa shape index (κ2) is 4.14. The van der Waals surface area contributed by atoms with E-state index in [4.69, 9.17) is 4.42 Å².